The molecular weight excluding hydrogens is 383 g/mol. The molecule has 0 amide bonds. The van der Waals surface area contributed by atoms with Crippen molar-refractivity contribution in [1.29, 1.82) is 0 Å². The van der Waals surface area contributed by atoms with Crippen LogP contribution in [0.1, 0.15) is 39.5 Å². The van der Waals surface area contributed by atoms with Crippen molar-refractivity contribution >= 4 is 19.8 Å². The minimum Gasteiger partial charge on any atom is -0.461 e. The summed E-state index contributed by atoms with van der Waals surface area (Å²) in [6.07, 6.45) is 2.47. The van der Waals surface area contributed by atoms with Crippen LogP contribution in [-0.4, -0.2) is 65.7 Å². The maximum Gasteiger partial charge on any atom is 0.472 e. The van der Waals surface area contributed by atoms with Crippen LogP contribution in [0.5, 0.6) is 0 Å². The van der Waals surface area contributed by atoms with Crippen LogP contribution in [0.2, 0.25) is 0 Å². The molecule has 3 atom stereocenters. The fraction of sp³-hybridized carbons (Fsp3) is 0.750. The molecule has 11 heteroatoms. The Labute approximate surface area is 158 Å². The van der Waals surface area contributed by atoms with Gasteiger partial charge in [0, 0.05) is 6.42 Å². The van der Waals surface area contributed by atoms with Crippen molar-refractivity contribution in [2.24, 2.45) is 0 Å². The summed E-state index contributed by atoms with van der Waals surface area (Å²) in [5, 5.41) is 17.8. The molecule has 10 nitrogen and oxygen atoms in total. The second kappa shape index (κ2) is 14.7. The zero-order valence-electron chi connectivity index (χ0n) is 15.6. The Bertz CT molecular complexity index is 507. The molecule has 0 aromatic rings. The lowest BCUT2D eigenvalue weighted by Gasteiger charge is -2.20. The zero-order valence-corrected chi connectivity index (χ0v) is 16.5. The van der Waals surface area contributed by atoms with Crippen LogP contribution in [-0.2, 0) is 32.7 Å². The molecule has 0 aliphatic heterocycles. The van der Waals surface area contributed by atoms with Gasteiger partial charge in [-0.1, -0.05) is 26.0 Å². The normalized spacial score (nSPS) is 15.9. The molecule has 0 aliphatic rings. The average Bonchev–Trinajstić information content (AvgIpc) is 2.62. The Hall–Kier alpha value is -1.29. The van der Waals surface area contributed by atoms with Crippen LogP contribution in [0.25, 0.3) is 0 Å². The van der Waals surface area contributed by atoms with Gasteiger partial charge in [-0.3, -0.25) is 18.6 Å². The van der Waals surface area contributed by atoms with E-state index in [-0.39, 0.29) is 19.4 Å². The lowest BCUT2D eigenvalue weighted by Crippen LogP contribution is -2.29. The average molecular weight is 412 g/mol. The number of rotatable bonds is 15. The van der Waals surface area contributed by atoms with Gasteiger partial charge in [0.2, 0.25) is 0 Å². The molecule has 0 aromatic carbocycles. The number of phosphoric ester groups is 1. The molecule has 0 saturated heterocycles. The van der Waals surface area contributed by atoms with E-state index in [1.54, 1.807) is 19.1 Å². The number of allylic oxidation sites excluding steroid dienone is 1. The molecule has 3 N–H and O–H groups in total. The molecule has 0 radical (unpaired) electrons. The van der Waals surface area contributed by atoms with E-state index in [4.69, 9.17) is 24.2 Å². The summed E-state index contributed by atoms with van der Waals surface area (Å²) < 4.78 is 31.0. The van der Waals surface area contributed by atoms with Gasteiger partial charge in [-0.25, -0.2) is 4.57 Å². The fourth-order valence-electron chi connectivity index (χ4n) is 1.60. The van der Waals surface area contributed by atoms with Crippen molar-refractivity contribution in [3.05, 3.63) is 12.2 Å². The molecule has 0 spiro atoms. The molecule has 158 valence electrons. The molecule has 0 rings (SSSR count). The SMILES string of the molecule is CC/C=C/CC(=O)OC[C@H](COP(=O)(O)OC[C@@H](O)CO)OC(=O)CCC. The Morgan fingerprint density at radius 2 is 1.74 bits per heavy atom. The largest absolute Gasteiger partial charge is 0.472 e. The van der Waals surface area contributed by atoms with Crippen LogP contribution in [0.3, 0.4) is 0 Å². The van der Waals surface area contributed by atoms with Crippen LogP contribution in [0.4, 0.5) is 0 Å². The second-order valence-electron chi connectivity index (χ2n) is 5.53. The van der Waals surface area contributed by atoms with Gasteiger partial charge in [0.25, 0.3) is 0 Å². The summed E-state index contributed by atoms with van der Waals surface area (Å²) in [6, 6.07) is 0. The number of esters is 2. The van der Waals surface area contributed by atoms with E-state index in [9.17, 15) is 19.0 Å². The van der Waals surface area contributed by atoms with Crippen LogP contribution < -0.4 is 0 Å². The van der Waals surface area contributed by atoms with Crippen LogP contribution in [0.15, 0.2) is 12.2 Å². The summed E-state index contributed by atoms with van der Waals surface area (Å²) in [4.78, 5) is 32.8. The standard InChI is InChI=1S/C16H29O10P/c1-3-5-6-8-15(19)23-11-14(26-16(20)7-4-2)12-25-27(21,22)24-10-13(18)9-17/h5-6,13-14,17-18H,3-4,7-12H2,1-2H3,(H,21,22)/b6-5+/t13-,14+/m0/s1. The summed E-state index contributed by atoms with van der Waals surface area (Å²) in [7, 11) is -4.56. The number of phosphoric acid groups is 1. The van der Waals surface area contributed by atoms with Gasteiger partial charge in [0.05, 0.1) is 26.2 Å². The van der Waals surface area contributed by atoms with Gasteiger partial charge in [-0.05, 0) is 12.8 Å². The van der Waals surface area contributed by atoms with Crippen molar-refractivity contribution < 1.29 is 47.8 Å². The van der Waals surface area contributed by atoms with E-state index in [0.717, 1.165) is 6.42 Å². The van der Waals surface area contributed by atoms with Crippen molar-refractivity contribution in [3.8, 4) is 0 Å². The Balaban J connectivity index is 4.61. The third kappa shape index (κ3) is 14.4. The number of ether oxygens (including phenoxy) is 2. The van der Waals surface area contributed by atoms with Crippen LogP contribution in [0, 0.1) is 0 Å². The molecule has 0 bridgehead atoms. The zero-order chi connectivity index (χ0) is 20.7. The van der Waals surface area contributed by atoms with E-state index in [1.165, 1.54) is 0 Å². The van der Waals surface area contributed by atoms with E-state index in [1.807, 2.05) is 6.92 Å². The Morgan fingerprint density at radius 1 is 1.07 bits per heavy atom. The van der Waals surface area contributed by atoms with E-state index < -0.39 is 51.8 Å². The lowest BCUT2D eigenvalue weighted by atomic mass is 10.3. The maximum absolute atomic E-state index is 11.7. The van der Waals surface area contributed by atoms with Crippen molar-refractivity contribution in [3.63, 3.8) is 0 Å². The van der Waals surface area contributed by atoms with Crippen molar-refractivity contribution in [2.45, 2.75) is 51.7 Å². The highest BCUT2D eigenvalue weighted by molar-refractivity contribution is 7.47. The second-order valence-corrected chi connectivity index (χ2v) is 6.98. The van der Waals surface area contributed by atoms with E-state index in [0.29, 0.717) is 6.42 Å². The first-order chi connectivity index (χ1) is 12.7. The number of carbonyl (C=O) groups is 2. The van der Waals surface area contributed by atoms with Crippen LogP contribution >= 0.6 is 7.82 Å². The summed E-state index contributed by atoms with van der Waals surface area (Å²) in [6.45, 7) is 1.50. The molecule has 1 unspecified atom stereocenters. The quantitative estimate of drug-likeness (QED) is 0.203. The number of aliphatic hydroxyl groups is 2. The molecular formula is C16H29O10P. The van der Waals surface area contributed by atoms with Gasteiger partial charge < -0.3 is 24.6 Å². The monoisotopic (exact) mass is 412 g/mol. The summed E-state index contributed by atoms with van der Waals surface area (Å²) >= 11 is 0. The molecule has 0 fully saturated rings. The number of carbonyl (C=O) groups excluding carboxylic acids is 2. The third-order valence-corrected chi connectivity index (χ3v) is 3.88. The topological polar surface area (TPSA) is 149 Å². The Morgan fingerprint density at radius 3 is 2.33 bits per heavy atom. The van der Waals surface area contributed by atoms with Gasteiger partial charge in [-0.15, -0.1) is 0 Å². The van der Waals surface area contributed by atoms with Gasteiger partial charge in [-0.2, -0.15) is 0 Å². The van der Waals surface area contributed by atoms with Gasteiger partial charge in [0.1, 0.15) is 12.7 Å². The molecule has 0 aliphatic carbocycles. The smallest absolute Gasteiger partial charge is 0.461 e. The first-order valence-corrected chi connectivity index (χ1v) is 10.1. The Kier molecular flexibility index (Phi) is 14.0. The highest BCUT2D eigenvalue weighted by atomic mass is 31.2. The maximum atomic E-state index is 11.7. The predicted octanol–water partition coefficient (Wildman–Crippen LogP) is 1.08. The number of aliphatic hydroxyl groups excluding tert-OH is 2. The fourth-order valence-corrected chi connectivity index (χ4v) is 2.39. The van der Waals surface area contributed by atoms with E-state index in [2.05, 4.69) is 4.52 Å². The van der Waals surface area contributed by atoms with E-state index >= 15 is 0 Å². The molecule has 27 heavy (non-hydrogen) atoms. The number of hydrogen-bond acceptors (Lipinski definition) is 9. The third-order valence-electron chi connectivity index (χ3n) is 2.93. The highest BCUT2D eigenvalue weighted by Gasteiger charge is 2.26. The summed E-state index contributed by atoms with van der Waals surface area (Å²) in [5.41, 5.74) is 0. The van der Waals surface area contributed by atoms with Gasteiger partial charge >= 0.3 is 19.8 Å². The molecule has 0 aromatic heterocycles. The summed E-state index contributed by atoms with van der Waals surface area (Å²) in [5.74, 6) is -1.12. The minimum atomic E-state index is -4.56. The predicted molar refractivity (Wildman–Crippen MR) is 94.6 cm³/mol. The minimum absolute atomic E-state index is 0.0466. The van der Waals surface area contributed by atoms with Crippen molar-refractivity contribution in [2.75, 3.05) is 26.4 Å². The highest BCUT2D eigenvalue weighted by Crippen LogP contribution is 2.43. The number of hydrogen-bond donors (Lipinski definition) is 3. The molecule has 0 heterocycles. The van der Waals surface area contributed by atoms with Gasteiger partial charge in [0.15, 0.2) is 6.10 Å². The lowest BCUT2D eigenvalue weighted by molar-refractivity contribution is -0.160. The first-order valence-electron chi connectivity index (χ1n) is 8.64. The first kappa shape index (κ1) is 25.7. The van der Waals surface area contributed by atoms with Crippen molar-refractivity contribution in [1.82, 2.24) is 0 Å². The molecule has 0 saturated carbocycles.